The van der Waals surface area contributed by atoms with Gasteiger partial charge in [0.25, 0.3) is 0 Å². The van der Waals surface area contributed by atoms with Gasteiger partial charge in [0.2, 0.25) is 0 Å². The number of ketones is 1. The van der Waals surface area contributed by atoms with E-state index in [2.05, 4.69) is 6.92 Å². The van der Waals surface area contributed by atoms with Crippen molar-refractivity contribution in [2.75, 3.05) is 6.61 Å². The van der Waals surface area contributed by atoms with E-state index in [0.29, 0.717) is 15.6 Å². The van der Waals surface area contributed by atoms with Gasteiger partial charge in [0, 0.05) is 10.6 Å². The molecule has 0 aliphatic heterocycles. The molecule has 17 heavy (non-hydrogen) atoms. The minimum atomic E-state index is -0.138. The Bertz CT molecular complexity index is 391. The first-order valence-electron chi connectivity index (χ1n) is 5.64. The summed E-state index contributed by atoms with van der Waals surface area (Å²) in [6.07, 6.45) is 2.06. The molecule has 0 aliphatic carbocycles. The highest BCUT2D eigenvalue weighted by Gasteiger charge is 2.12. The van der Waals surface area contributed by atoms with Crippen LogP contribution >= 0.6 is 23.2 Å². The van der Waals surface area contributed by atoms with Gasteiger partial charge < -0.3 is 4.74 Å². The number of carbonyl (C=O) groups excluding carboxylic acids is 1. The van der Waals surface area contributed by atoms with Crippen molar-refractivity contribution in [1.29, 1.82) is 0 Å². The highest BCUT2D eigenvalue weighted by atomic mass is 35.5. The van der Waals surface area contributed by atoms with Crippen molar-refractivity contribution in [1.82, 2.24) is 0 Å². The lowest BCUT2D eigenvalue weighted by molar-refractivity contribution is 0.0490. The molecule has 1 rings (SSSR count). The van der Waals surface area contributed by atoms with Gasteiger partial charge in [0.15, 0.2) is 5.78 Å². The number of ether oxygens (including phenoxy) is 1. The van der Waals surface area contributed by atoms with Gasteiger partial charge >= 0.3 is 0 Å². The maximum absolute atomic E-state index is 11.9. The summed E-state index contributed by atoms with van der Waals surface area (Å²) < 4.78 is 5.44. The lowest BCUT2D eigenvalue weighted by Crippen LogP contribution is -2.16. The molecule has 0 N–H and O–H groups in total. The molecule has 0 spiro atoms. The fourth-order valence-electron chi connectivity index (χ4n) is 1.50. The number of carbonyl (C=O) groups is 1. The summed E-state index contributed by atoms with van der Waals surface area (Å²) >= 11 is 11.8. The van der Waals surface area contributed by atoms with Gasteiger partial charge in [-0.05, 0) is 31.5 Å². The number of hydrogen-bond acceptors (Lipinski definition) is 2. The average molecular weight is 275 g/mol. The topological polar surface area (TPSA) is 26.3 Å². The standard InChI is InChI=1S/C13H16Cl2O2/c1-3-4-9(2)17-8-13(16)11-7-10(14)5-6-12(11)15/h5-7,9H,3-4,8H2,1-2H3. The van der Waals surface area contributed by atoms with Crippen LogP contribution in [-0.2, 0) is 4.74 Å². The molecule has 0 saturated heterocycles. The van der Waals surface area contributed by atoms with Gasteiger partial charge in [0.1, 0.15) is 6.61 Å². The fraction of sp³-hybridized carbons (Fsp3) is 0.462. The molecule has 1 atom stereocenters. The minimum absolute atomic E-state index is 0.0429. The molecule has 4 heteroatoms. The Morgan fingerprint density at radius 1 is 1.41 bits per heavy atom. The Morgan fingerprint density at radius 2 is 2.12 bits per heavy atom. The maximum atomic E-state index is 11.9. The maximum Gasteiger partial charge on any atom is 0.190 e. The highest BCUT2D eigenvalue weighted by Crippen LogP contribution is 2.21. The van der Waals surface area contributed by atoms with E-state index in [9.17, 15) is 4.79 Å². The Morgan fingerprint density at radius 3 is 2.76 bits per heavy atom. The number of Topliss-reactive ketones (excluding diaryl/α,β-unsaturated/α-hetero) is 1. The number of hydrogen-bond donors (Lipinski definition) is 0. The summed E-state index contributed by atoms with van der Waals surface area (Å²) in [4.78, 5) is 11.9. The average Bonchev–Trinajstić information content (AvgIpc) is 2.29. The van der Waals surface area contributed by atoms with Crippen LogP contribution in [0.1, 0.15) is 37.0 Å². The van der Waals surface area contributed by atoms with E-state index in [1.54, 1.807) is 18.2 Å². The zero-order valence-electron chi connectivity index (χ0n) is 10.0. The lowest BCUT2D eigenvalue weighted by atomic mass is 10.1. The van der Waals surface area contributed by atoms with E-state index in [4.69, 9.17) is 27.9 Å². The second-order valence-electron chi connectivity index (χ2n) is 3.96. The molecule has 0 aromatic heterocycles. The molecule has 0 amide bonds. The van der Waals surface area contributed by atoms with Crippen LogP contribution in [0.2, 0.25) is 10.0 Å². The smallest absolute Gasteiger partial charge is 0.190 e. The van der Waals surface area contributed by atoms with Crippen LogP contribution in [0, 0.1) is 0 Å². The third kappa shape index (κ3) is 4.66. The van der Waals surface area contributed by atoms with E-state index in [1.165, 1.54) is 0 Å². The number of halogens is 2. The van der Waals surface area contributed by atoms with E-state index in [-0.39, 0.29) is 18.5 Å². The zero-order chi connectivity index (χ0) is 12.8. The molecule has 0 heterocycles. The van der Waals surface area contributed by atoms with E-state index < -0.39 is 0 Å². The summed E-state index contributed by atoms with van der Waals surface area (Å²) in [5, 5.41) is 0.908. The molecule has 0 fully saturated rings. The van der Waals surface area contributed by atoms with Crippen molar-refractivity contribution in [2.45, 2.75) is 32.8 Å². The molecule has 1 aromatic rings. The van der Waals surface area contributed by atoms with Crippen molar-refractivity contribution < 1.29 is 9.53 Å². The van der Waals surface area contributed by atoms with E-state index >= 15 is 0 Å². The highest BCUT2D eigenvalue weighted by molar-refractivity contribution is 6.35. The molecule has 94 valence electrons. The van der Waals surface area contributed by atoms with Crippen LogP contribution in [0.5, 0.6) is 0 Å². The lowest BCUT2D eigenvalue weighted by Gasteiger charge is -2.11. The molecule has 0 bridgehead atoms. The summed E-state index contributed by atoms with van der Waals surface area (Å²) in [6.45, 7) is 4.08. The van der Waals surface area contributed by atoms with E-state index in [0.717, 1.165) is 12.8 Å². The van der Waals surface area contributed by atoms with Crippen molar-refractivity contribution in [3.8, 4) is 0 Å². The van der Waals surface area contributed by atoms with Crippen molar-refractivity contribution >= 4 is 29.0 Å². The first-order valence-corrected chi connectivity index (χ1v) is 6.40. The predicted molar refractivity (Wildman–Crippen MR) is 71.1 cm³/mol. The monoisotopic (exact) mass is 274 g/mol. The first-order chi connectivity index (χ1) is 8.04. The van der Waals surface area contributed by atoms with Crippen LogP contribution < -0.4 is 0 Å². The SMILES string of the molecule is CCCC(C)OCC(=O)c1cc(Cl)ccc1Cl. The second-order valence-corrected chi connectivity index (χ2v) is 4.80. The fourth-order valence-corrected chi connectivity index (χ4v) is 1.89. The number of benzene rings is 1. The van der Waals surface area contributed by atoms with Crippen molar-refractivity contribution in [2.24, 2.45) is 0 Å². The largest absolute Gasteiger partial charge is 0.370 e. The summed E-state index contributed by atoms with van der Waals surface area (Å²) in [5.74, 6) is -0.138. The second kappa shape index (κ2) is 7.00. The minimum Gasteiger partial charge on any atom is -0.370 e. The van der Waals surface area contributed by atoms with Gasteiger partial charge in [-0.1, -0.05) is 36.5 Å². The van der Waals surface area contributed by atoms with Crippen molar-refractivity contribution in [3.63, 3.8) is 0 Å². The molecule has 0 aliphatic rings. The van der Waals surface area contributed by atoms with Crippen LogP contribution in [0.25, 0.3) is 0 Å². The quantitative estimate of drug-likeness (QED) is 0.720. The van der Waals surface area contributed by atoms with Gasteiger partial charge in [-0.15, -0.1) is 0 Å². The predicted octanol–water partition coefficient (Wildman–Crippen LogP) is 4.38. The third-order valence-electron chi connectivity index (χ3n) is 2.42. The normalized spacial score (nSPS) is 12.5. The molecular weight excluding hydrogens is 259 g/mol. The van der Waals surface area contributed by atoms with Gasteiger partial charge in [-0.2, -0.15) is 0 Å². The van der Waals surface area contributed by atoms with Crippen molar-refractivity contribution in [3.05, 3.63) is 33.8 Å². The molecular formula is C13H16Cl2O2. The third-order valence-corrected chi connectivity index (χ3v) is 2.99. The van der Waals surface area contributed by atoms with Crippen LogP contribution in [-0.4, -0.2) is 18.5 Å². The summed E-state index contributed by atoms with van der Waals surface area (Å²) in [7, 11) is 0. The van der Waals surface area contributed by atoms with Crippen LogP contribution in [0.3, 0.4) is 0 Å². The molecule has 1 aromatic carbocycles. The van der Waals surface area contributed by atoms with Gasteiger partial charge in [-0.25, -0.2) is 0 Å². The van der Waals surface area contributed by atoms with Crippen LogP contribution in [0.15, 0.2) is 18.2 Å². The first kappa shape index (κ1) is 14.5. The molecule has 2 nitrogen and oxygen atoms in total. The molecule has 0 radical (unpaired) electrons. The zero-order valence-corrected chi connectivity index (χ0v) is 11.5. The van der Waals surface area contributed by atoms with Gasteiger partial charge in [0.05, 0.1) is 11.1 Å². The molecule has 1 unspecified atom stereocenters. The van der Waals surface area contributed by atoms with Gasteiger partial charge in [-0.3, -0.25) is 4.79 Å². The van der Waals surface area contributed by atoms with E-state index in [1.807, 2.05) is 6.92 Å². The summed E-state index contributed by atoms with van der Waals surface area (Å²) in [6, 6.07) is 4.84. The Labute approximate surface area is 112 Å². The summed E-state index contributed by atoms with van der Waals surface area (Å²) in [5.41, 5.74) is 0.419. The Hall–Kier alpha value is -0.570. The van der Waals surface area contributed by atoms with Crippen LogP contribution in [0.4, 0.5) is 0 Å². The Balaban J connectivity index is 2.61. The molecule has 0 saturated carbocycles. The number of rotatable bonds is 6. The Kier molecular flexibility index (Phi) is 5.96.